The average molecular weight is 351 g/mol. The minimum absolute atomic E-state index is 0.471. The number of halogens is 1. The zero-order chi connectivity index (χ0) is 14.2. The van der Waals surface area contributed by atoms with Gasteiger partial charge < -0.3 is 4.52 Å². The van der Waals surface area contributed by atoms with Crippen molar-refractivity contribution in [2.24, 2.45) is 0 Å². The highest BCUT2D eigenvalue weighted by atomic mass is 79.9. The van der Waals surface area contributed by atoms with Gasteiger partial charge in [-0.15, -0.1) is 0 Å². The highest BCUT2D eigenvalue weighted by Crippen LogP contribution is 2.28. The summed E-state index contributed by atoms with van der Waals surface area (Å²) in [5, 5.41) is 8.73. The van der Waals surface area contributed by atoms with Gasteiger partial charge in [-0.05, 0) is 41.6 Å². The SMILES string of the molecule is Brc1cnn(C2CCN(Cc3noc4c3CCCC4)C2)c1. The minimum Gasteiger partial charge on any atom is -0.361 e. The van der Waals surface area contributed by atoms with Gasteiger partial charge in [-0.3, -0.25) is 9.58 Å². The van der Waals surface area contributed by atoms with Gasteiger partial charge in [0.2, 0.25) is 0 Å². The van der Waals surface area contributed by atoms with Gasteiger partial charge in [0.15, 0.2) is 0 Å². The van der Waals surface area contributed by atoms with Crippen LogP contribution in [-0.4, -0.2) is 32.9 Å². The summed E-state index contributed by atoms with van der Waals surface area (Å²) in [5.74, 6) is 1.13. The van der Waals surface area contributed by atoms with Crippen LogP contribution < -0.4 is 0 Å². The topological polar surface area (TPSA) is 47.1 Å². The smallest absolute Gasteiger partial charge is 0.140 e. The zero-order valence-corrected chi connectivity index (χ0v) is 13.5. The molecule has 0 saturated carbocycles. The van der Waals surface area contributed by atoms with E-state index in [-0.39, 0.29) is 0 Å². The van der Waals surface area contributed by atoms with Crippen LogP contribution in [0, 0.1) is 0 Å². The quantitative estimate of drug-likeness (QED) is 0.853. The fourth-order valence-electron chi connectivity index (χ4n) is 3.47. The second kappa shape index (κ2) is 5.57. The maximum atomic E-state index is 5.51. The molecule has 5 nitrogen and oxygen atoms in total. The van der Waals surface area contributed by atoms with Crippen LogP contribution in [0.3, 0.4) is 0 Å². The lowest BCUT2D eigenvalue weighted by atomic mass is 9.96. The molecule has 2 aromatic rings. The predicted octanol–water partition coefficient (Wildman–Crippen LogP) is 2.96. The van der Waals surface area contributed by atoms with Crippen molar-refractivity contribution in [3.63, 3.8) is 0 Å². The number of hydrogen-bond donors (Lipinski definition) is 0. The van der Waals surface area contributed by atoms with E-state index >= 15 is 0 Å². The molecule has 2 aliphatic rings. The van der Waals surface area contributed by atoms with Crippen LogP contribution in [-0.2, 0) is 19.4 Å². The second-order valence-corrected chi connectivity index (χ2v) is 6.97. The molecule has 1 aliphatic carbocycles. The summed E-state index contributed by atoms with van der Waals surface area (Å²) in [6.07, 6.45) is 9.77. The van der Waals surface area contributed by atoms with Crippen molar-refractivity contribution in [2.45, 2.75) is 44.7 Å². The predicted molar refractivity (Wildman–Crippen MR) is 82.0 cm³/mol. The number of fused-ring (bicyclic) bond motifs is 1. The van der Waals surface area contributed by atoms with Crippen LogP contribution in [0.25, 0.3) is 0 Å². The Hall–Kier alpha value is -1.14. The molecule has 1 aliphatic heterocycles. The molecular formula is C15H19BrN4O. The molecule has 1 unspecified atom stereocenters. The largest absolute Gasteiger partial charge is 0.361 e. The van der Waals surface area contributed by atoms with Gasteiger partial charge in [-0.25, -0.2) is 0 Å². The fraction of sp³-hybridized carbons (Fsp3) is 0.600. The van der Waals surface area contributed by atoms with Crippen molar-refractivity contribution in [3.8, 4) is 0 Å². The number of nitrogens with zero attached hydrogens (tertiary/aromatic N) is 4. The third kappa shape index (κ3) is 2.66. The van der Waals surface area contributed by atoms with Crippen molar-refractivity contribution in [2.75, 3.05) is 13.1 Å². The standard InChI is InChI=1S/C15H19BrN4O/c16-11-7-17-20(8-11)12-5-6-19(9-12)10-14-13-3-1-2-4-15(13)21-18-14/h7-8,12H,1-6,9-10H2. The third-order valence-electron chi connectivity index (χ3n) is 4.60. The first-order valence-corrected chi connectivity index (χ1v) is 8.47. The van der Waals surface area contributed by atoms with Crippen LogP contribution in [0.5, 0.6) is 0 Å². The van der Waals surface area contributed by atoms with Gasteiger partial charge in [0, 0.05) is 37.8 Å². The first-order valence-electron chi connectivity index (χ1n) is 7.68. The first kappa shape index (κ1) is 13.5. The van der Waals surface area contributed by atoms with Gasteiger partial charge in [0.05, 0.1) is 16.7 Å². The molecule has 0 N–H and O–H groups in total. The summed E-state index contributed by atoms with van der Waals surface area (Å²) in [6, 6.07) is 0.471. The van der Waals surface area contributed by atoms with E-state index in [1.807, 2.05) is 6.20 Å². The van der Waals surface area contributed by atoms with Gasteiger partial charge in [0.25, 0.3) is 0 Å². The molecule has 1 atom stereocenters. The summed E-state index contributed by atoms with van der Waals surface area (Å²) in [4.78, 5) is 2.47. The molecule has 0 aromatic carbocycles. The summed E-state index contributed by atoms with van der Waals surface area (Å²) < 4.78 is 8.63. The van der Waals surface area contributed by atoms with Crippen LogP contribution in [0.15, 0.2) is 21.4 Å². The van der Waals surface area contributed by atoms with Crippen molar-refractivity contribution in [1.82, 2.24) is 19.8 Å². The molecule has 0 radical (unpaired) electrons. The third-order valence-corrected chi connectivity index (χ3v) is 5.01. The Balaban J connectivity index is 1.43. The van der Waals surface area contributed by atoms with E-state index in [0.717, 1.165) is 54.8 Å². The summed E-state index contributed by atoms with van der Waals surface area (Å²) in [6.45, 7) is 3.05. The van der Waals surface area contributed by atoms with Gasteiger partial charge in [-0.2, -0.15) is 5.10 Å². The summed E-state index contributed by atoms with van der Waals surface area (Å²) in [7, 11) is 0. The Morgan fingerprint density at radius 2 is 2.24 bits per heavy atom. The number of rotatable bonds is 3. The molecule has 6 heteroatoms. The average Bonchev–Trinajstić information content (AvgIpc) is 3.20. The monoisotopic (exact) mass is 350 g/mol. The Bertz CT molecular complexity index is 635. The van der Waals surface area contributed by atoms with E-state index < -0.39 is 0 Å². The van der Waals surface area contributed by atoms with Crippen molar-refractivity contribution < 1.29 is 4.52 Å². The number of aryl methyl sites for hydroxylation is 1. The molecule has 21 heavy (non-hydrogen) atoms. The highest BCUT2D eigenvalue weighted by Gasteiger charge is 2.27. The number of hydrogen-bond acceptors (Lipinski definition) is 4. The van der Waals surface area contributed by atoms with Crippen molar-refractivity contribution >= 4 is 15.9 Å². The fourth-order valence-corrected chi connectivity index (χ4v) is 3.77. The molecule has 1 saturated heterocycles. The van der Waals surface area contributed by atoms with Crippen molar-refractivity contribution in [3.05, 3.63) is 33.9 Å². The second-order valence-electron chi connectivity index (χ2n) is 6.05. The molecule has 112 valence electrons. The van der Waals surface area contributed by atoms with E-state index in [9.17, 15) is 0 Å². The molecular weight excluding hydrogens is 332 g/mol. The Morgan fingerprint density at radius 1 is 1.33 bits per heavy atom. The number of aromatic nitrogens is 3. The number of likely N-dealkylation sites (tertiary alicyclic amines) is 1. The molecule has 1 fully saturated rings. The highest BCUT2D eigenvalue weighted by molar-refractivity contribution is 9.10. The molecule has 3 heterocycles. The molecule has 0 spiro atoms. The molecule has 0 bridgehead atoms. The van der Waals surface area contributed by atoms with Crippen LogP contribution in [0.2, 0.25) is 0 Å². The van der Waals surface area contributed by atoms with Gasteiger partial charge >= 0.3 is 0 Å². The van der Waals surface area contributed by atoms with E-state index in [1.54, 1.807) is 0 Å². The summed E-state index contributed by atoms with van der Waals surface area (Å²) in [5.41, 5.74) is 2.54. The summed E-state index contributed by atoms with van der Waals surface area (Å²) >= 11 is 3.46. The zero-order valence-electron chi connectivity index (χ0n) is 12.0. The Kier molecular flexibility index (Phi) is 3.59. The molecule has 0 amide bonds. The van der Waals surface area contributed by atoms with Crippen LogP contribution in [0.1, 0.15) is 42.3 Å². The lowest BCUT2D eigenvalue weighted by Crippen LogP contribution is -2.22. The van der Waals surface area contributed by atoms with Crippen LogP contribution in [0.4, 0.5) is 0 Å². The van der Waals surface area contributed by atoms with Gasteiger partial charge in [-0.1, -0.05) is 5.16 Å². The van der Waals surface area contributed by atoms with Crippen molar-refractivity contribution in [1.29, 1.82) is 0 Å². The first-order chi connectivity index (χ1) is 10.3. The maximum Gasteiger partial charge on any atom is 0.140 e. The van der Waals surface area contributed by atoms with E-state index in [0.29, 0.717) is 6.04 Å². The van der Waals surface area contributed by atoms with E-state index in [2.05, 4.69) is 42.0 Å². The lowest BCUT2D eigenvalue weighted by Gasteiger charge is -2.16. The van der Waals surface area contributed by atoms with Crippen LogP contribution >= 0.6 is 15.9 Å². The molecule has 4 rings (SSSR count). The minimum atomic E-state index is 0.471. The lowest BCUT2D eigenvalue weighted by molar-refractivity contribution is 0.296. The molecule has 2 aromatic heterocycles. The normalized spacial score (nSPS) is 22.6. The van der Waals surface area contributed by atoms with Gasteiger partial charge in [0.1, 0.15) is 11.5 Å². The Morgan fingerprint density at radius 3 is 3.10 bits per heavy atom. The maximum absolute atomic E-state index is 5.51. The van der Waals surface area contributed by atoms with E-state index in [4.69, 9.17) is 4.52 Å². The Labute approximate surface area is 132 Å². The van der Waals surface area contributed by atoms with E-state index in [1.165, 1.54) is 18.4 Å².